The van der Waals surface area contributed by atoms with Gasteiger partial charge in [-0.25, -0.2) is 5.01 Å². The van der Waals surface area contributed by atoms with Gasteiger partial charge >= 0.3 is 0 Å². The van der Waals surface area contributed by atoms with Crippen LogP contribution in [0, 0.1) is 12.8 Å². The predicted molar refractivity (Wildman–Crippen MR) is 142 cm³/mol. The smallest absolute Gasteiger partial charge is 0.281 e. The summed E-state index contributed by atoms with van der Waals surface area (Å²) < 4.78 is 5.89. The monoisotopic (exact) mass is 504 g/mol. The van der Waals surface area contributed by atoms with E-state index in [9.17, 15) is 4.79 Å². The summed E-state index contributed by atoms with van der Waals surface area (Å²) in [5, 5.41) is 7.92. The number of benzene rings is 3. The number of hydrazone groups is 1. The molecule has 2 atom stereocenters. The first-order valence-electron chi connectivity index (χ1n) is 11.8. The lowest BCUT2D eigenvalue weighted by molar-refractivity contribution is -0.135. The van der Waals surface area contributed by atoms with Crippen molar-refractivity contribution in [3.63, 3.8) is 0 Å². The summed E-state index contributed by atoms with van der Waals surface area (Å²) in [4.78, 5) is 13.5. The Labute approximate surface area is 215 Å². The van der Waals surface area contributed by atoms with Crippen molar-refractivity contribution >= 4 is 40.9 Å². The molecular weight excluding hydrogens is 479 g/mol. The van der Waals surface area contributed by atoms with Gasteiger partial charge in [-0.1, -0.05) is 65.7 Å². The van der Waals surface area contributed by atoms with Crippen LogP contribution in [0.5, 0.6) is 5.75 Å². The maximum atomic E-state index is 13.5. The van der Waals surface area contributed by atoms with E-state index in [4.69, 9.17) is 33.0 Å². The predicted octanol–water partition coefficient (Wildman–Crippen LogP) is 7.50. The number of halogens is 2. The molecule has 3 aromatic rings. The maximum Gasteiger partial charge on any atom is 0.281 e. The highest BCUT2D eigenvalue weighted by atomic mass is 35.5. The zero-order valence-corrected chi connectivity index (χ0v) is 21.0. The minimum absolute atomic E-state index is 0.0747. The largest absolute Gasteiger partial charge is 0.483 e. The molecule has 0 bridgehead atoms. The summed E-state index contributed by atoms with van der Waals surface area (Å²) >= 11 is 12.2. The standard InChI is InChI=1S/C29H26Cl2N2O2/c1-19-5-2-3-8-26(19)35-18-27(34)33-29(21-11-15-24(31)16-12-21)25-7-4-6-22(28(25)32-33)17-20-9-13-23(30)14-10-20/h2-3,5,8-17,25,29H,4,6-7,18H2,1H3/b22-17-/t25-,29+/m1/s1. The number of nitrogens with zero attached hydrogens (tertiary/aromatic N) is 2. The first-order chi connectivity index (χ1) is 17.0. The number of para-hydroxylation sites is 1. The van der Waals surface area contributed by atoms with Crippen molar-refractivity contribution in [1.29, 1.82) is 0 Å². The SMILES string of the molecule is Cc1ccccc1OCC(=O)N1N=C2/C(=C\c3ccc(Cl)cc3)CCC[C@H]2[C@@H]1c1ccc(Cl)cc1. The Hall–Kier alpha value is -3.08. The number of carbonyl (C=O) groups excluding carboxylic acids is 1. The number of carbonyl (C=O) groups is 1. The van der Waals surface area contributed by atoms with Crippen molar-refractivity contribution in [2.45, 2.75) is 32.2 Å². The summed E-state index contributed by atoms with van der Waals surface area (Å²) in [5.74, 6) is 0.656. The van der Waals surface area contributed by atoms with Crippen LogP contribution in [0.1, 0.15) is 42.0 Å². The van der Waals surface area contributed by atoms with Gasteiger partial charge in [-0.15, -0.1) is 0 Å². The van der Waals surface area contributed by atoms with Gasteiger partial charge < -0.3 is 4.74 Å². The van der Waals surface area contributed by atoms with Crippen LogP contribution in [0.3, 0.4) is 0 Å². The fraction of sp³-hybridized carbons (Fsp3) is 0.241. The minimum Gasteiger partial charge on any atom is -0.483 e. The van der Waals surface area contributed by atoms with E-state index in [0.717, 1.165) is 47.2 Å². The van der Waals surface area contributed by atoms with Crippen molar-refractivity contribution in [2.24, 2.45) is 11.0 Å². The highest BCUT2D eigenvalue weighted by Crippen LogP contribution is 2.44. The summed E-state index contributed by atoms with van der Waals surface area (Å²) in [6.45, 7) is 1.89. The Morgan fingerprint density at radius 1 is 1.03 bits per heavy atom. The van der Waals surface area contributed by atoms with Crippen LogP contribution in [-0.2, 0) is 4.79 Å². The van der Waals surface area contributed by atoms with E-state index in [1.807, 2.05) is 79.7 Å². The number of ether oxygens (including phenoxy) is 1. The van der Waals surface area contributed by atoms with Gasteiger partial charge in [0.15, 0.2) is 6.61 Å². The number of rotatable bonds is 5. The fourth-order valence-electron chi connectivity index (χ4n) is 4.88. The number of hydrogen-bond acceptors (Lipinski definition) is 3. The van der Waals surface area contributed by atoms with Crippen LogP contribution in [0.2, 0.25) is 10.0 Å². The van der Waals surface area contributed by atoms with Gasteiger partial charge in [0.25, 0.3) is 5.91 Å². The minimum atomic E-state index is -0.191. The Morgan fingerprint density at radius 2 is 1.71 bits per heavy atom. The summed E-state index contributed by atoms with van der Waals surface area (Å²) in [5.41, 5.74) is 5.23. The lowest BCUT2D eigenvalue weighted by Gasteiger charge is -2.29. The molecule has 0 spiro atoms. The van der Waals surface area contributed by atoms with Crippen molar-refractivity contribution in [2.75, 3.05) is 6.61 Å². The van der Waals surface area contributed by atoms with Gasteiger partial charge in [-0.2, -0.15) is 5.10 Å². The Morgan fingerprint density at radius 3 is 2.43 bits per heavy atom. The third-order valence-electron chi connectivity index (χ3n) is 6.62. The van der Waals surface area contributed by atoms with E-state index in [1.54, 1.807) is 5.01 Å². The Balaban J connectivity index is 1.47. The molecule has 0 N–H and O–H groups in total. The zero-order chi connectivity index (χ0) is 24.4. The number of hydrogen-bond donors (Lipinski definition) is 0. The molecule has 3 aromatic carbocycles. The van der Waals surface area contributed by atoms with E-state index in [2.05, 4.69) is 6.08 Å². The molecule has 5 rings (SSSR count). The third-order valence-corrected chi connectivity index (χ3v) is 7.13. The van der Waals surface area contributed by atoms with Gasteiger partial charge in [-0.3, -0.25) is 4.79 Å². The van der Waals surface area contributed by atoms with Crippen molar-refractivity contribution in [3.05, 3.63) is 105 Å². The fourth-order valence-corrected chi connectivity index (χ4v) is 5.14. The second-order valence-corrected chi connectivity index (χ2v) is 9.87. The Bertz CT molecular complexity index is 1280. The number of aryl methyl sites for hydroxylation is 1. The van der Waals surface area contributed by atoms with E-state index < -0.39 is 0 Å². The first-order valence-corrected chi connectivity index (χ1v) is 12.6. The van der Waals surface area contributed by atoms with Gasteiger partial charge in [-0.05, 0) is 84.9 Å². The second kappa shape index (κ2) is 10.3. The molecule has 1 aliphatic carbocycles. The van der Waals surface area contributed by atoms with E-state index >= 15 is 0 Å². The molecule has 1 heterocycles. The third kappa shape index (κ3) is 5.14. The van der Waals surface area contributed by atoms with Crippen LogP contribution in [-0.4, -0.2) is 23.2 Å². The van der Waals surface area contributed by atoms with Gasteiger partial charge in [0, 0.05) is 16.0 Å². The van der Waals surface area contributed by atoms with Crippen LogP contribution in [0.15, 0.2) is 83.5 Å². The zero-order valence-electron chi connectivity index (χ0n) is 19.5. The van der Waals surface area contributed by atoms with Crippen LogP contribution in [0.4, 0.5) is 0 Å². The van der Waals surface area contributed by atoms with Crippen molar-refractivity contribution in [1.82, 2.24) is 5.01 Å². The molecule has 1 aliphatic heterocycles. The number of allylic oxidation sites excluding steroid dienone is 1. The summed E-state index contributed by atoms with van der Waals surface area (Å²) in [6.07, 6.45) is 5.09. The topological polar surface area (TPSA) is 41.9 Å². The maximum absolute atomic E-state index is 13.5. The molecule has 35 heavy (non-hydrogen) atoms. The molecule has 0 aromatic heterocycles. The van der Waals surface area contributed by atoms with Gasteiger partial charge in [0.05, 0.1) is 11.8 Å². The Kier molecular flexibility index (Phi) is 6.94. The number of amides is 1. The van der Waals surface area contributed by atoms with Crippen LogP contribution < -0.4 is 4.74 Å². The van der Waals surface area contributed by atoms with Crippen molar-refractivity contribution < 1.29 is 9.53 Å². The van der Waals surface area contributed by atoms with Crippen molar-refractivity contribution in [3.8, 4) is 5.75 Å². The van der Waals surface area contributed by atoms with E-state index in [-0.39, 0.29) is 24.5 Å². The molecule has 0 radical (unpaired) electrons. The van der Waals surface area contributed by atoms with Gasteiger partial charge in [0.2, 0.25) is 0 Å². The lowest BCUT2D eigenvalue weighted by atomic mass is 9.77. The lowest BCUT2D eigenvalue weighted by Crippen LogP contribution is -2.34. The van der Waals surface area contributed by atoms with Crippen LogP contribution in [0.25, 0.3) is 6.08 Å². The van der Waals surface area contributed by atoms with E-state index in [0.29, 0.717) is 15.8 Å². The summed E-state index contributed by atoms with van der Waals surface area (Å²) in [6, 6.07) is 23.0. The van der Waals surface area contributed by atoms with E-state index in [1.165, 1.54) is 0 Å². The molecule has 0 unspecified atom stereocenters. The first kappa shape index (κ1) is 23.7. The highest BCUT2D eigenvalue weighted by Gasteiger charge is 2.43. The van der Waals surface area contributed by atoms with Gasteiger partial charge in [0.1, 0.15) is 5.75 Å². The molecule has 0 saturated heterocycles. The average Bonchev–Trinajstić information content (AvgIpc) is 3.26. The molecule has 178 valence electrons. The average molecular weight is 505 g/mol. The second-order valence-electron chi connectivity index (χ2n) is 8.99. The molecule has 2 aliphatic rings. The highest BCUT2D eigenvalue weighted by molar-refractivity contribution is 6.30. The molecule has 4 nitrogen and oxygen atoms in total. The molecular formula is C29H26Cl2N2O2. The molecule has 1 amide bonds. The van der Waals surface area contributed by atoms with Crippen LogP contribution >= 0.6 is 23.2 Å². The number of fused-ring (bicyclic) bond motifs is 1. The summed E-state index contributed by atoms with van der Waals surface area (Å²) in [7, 11) is 0. The molecule has 1 fully saturated rings. The quantitative estimate of drug-likeness (QED) is 0.360. The molecule has 1 saturated carbocycles. The normalized spacial score (nSPS) is 20.5. The molecule has 6 heteroatoms.